The molecule has 3 atom stereocenters. The Hall–Kier alpha value is -2.52. The lowest BCUT2D eigenvalue weighted by Gasteiger charge is -2.08. The minimum absolute atomic E-state index is 0.133. The highest BCUT2D eigenvalue weighted by molar-refractivity contribution is 5.90. The van der Waals surface area contributed by atoms with Crippen LogP contribution in [0.1, 0.15) is 35.5 Å². The molecule has 3 unspecified atom stereocenters. The highest BCUT2D eigenvalue weighted by Gasteiger charge is 2.31. The quantitative estimate of drug-likeness (QED) is 0.460. The van der Waals surface area contributed by atoms with Crippen molar-refractivity contribution in [2.24, 2.45) is 0 Å². The molecule has 1 aromatic carbocycles. The first kappa shape index (κ1) is 17.8. The lowest BCUT2D eigenvalue weighted by Crippen LogP contribution is -2.27. The van der Waals surface area contributed by atoms with Gasteiger partial charge in [-0.15, -0.1) is 0 Å². The molecule has 0 radical (unpaired) electrons. The Labute approximate surface area is 137 Å². The van der Waals surface area contributed by atoms with Crippen molar-refractivity contribution in [2.45, 2.75) is 31.7 Å². The zero-order valence-electron chi connectivity index (χ0n) is 13.0. The van der Waals surface area contributed by atoms with Crippen LogP contribution in [0, 0.1) is 10.1 Å². The maximum absolute atomic E-state index is 11.1. The van der Waals surface area contributed by atoms with Crippen LogP contribution in [0.5, 0.6) is 0 Å². The molecular weight excluding hydrogens is 320 g/mol. The Morgan fingerprint density at radius 2 is 2.12 bits per heavy atom. The Morgan fingerprint density at radius 3 is 2.62 bits per heavy atom. The molecule has 9 heteroatoms. The second-order valence-corrected chi connectivity index (χ2v) is 5.46. The monoisotopic (exact) mass is 338 g/mol. The third-order valence-electron chi connectivity index (χ3n) is 3.53. The first-order chi connectivity index (χ1) is 11.4. The summed E-state index contributed by atoms with van der Waals surface area (Å²) in [7, 11) is 0. The van der Waals surface area contributed by atoms with Crippen molar-refractivity contribution in [3.05, 3.63) is 45.5 Å². The summed E-state index contributed by atoms with van der Waals surface area (Å²) in [4.78, 5) is 31.3. The van der Waals surface area contributed by atoms with Gasteiger partial charge in [-0.3, -0.25) is 14.9 Å². The molecule has 4 rings (SSSR count). The van der Waals surface area contributed by atoms with Gasteiger partial charge < -0.3 is 19.9 Å². The number of aliphatic hydroxyl groups is 1. The first-order valence-corrected chi connectivity index (χ1v) is 7.36. The number of esters is 2. The van der Waals surface area contributed by atoms with Crippen molar-refractivity contribution in [1.82, 2.24) is 5.32 Å². The van der Waals surface area contributed by atoms with Crippen molar-refractivity contribution in [3.8, 4) is 0 Å². The maximum Gasteiger partial charge on any atom is 0.383 e. The van der Waals surface area contributed by atoms with Gasteiger partial charge in [0.1, 0.15) is 6.61 Å². The van der Waals surface area contributed by atoms with Crippen LogP contribution in [-0.4, -0.2) is 47.3 Å². The number of benzene rings is 1. The van der Waals surface area contributed by atoms with E-state index in [1.165, 1.54) is 31.2 Å². The zero-order chi connectivity index (χ0) is 17.7. The third kappa shape index (κ3) is 4.74. The van der Waals surface area contributed by atoms with E-state index in [0.717, 1.165) is 0 Å². The molecule has 0 amide bonds. The van der Waals surface area contributed by atoms with Crippen molar-refractivity contribution in [1.29, 1.82) is 0 Å². The second kappa shape index (κ2) is 7.84. The van der Waals surface area contributed by atoms with Crippen LogP contribution in [0.25, 0.3) is 0 Å². The number of carbonyl (C=O) groups excluding carboxylic acids is 2. The molecule has 24 heavy (non-hydrogen) atoms. The van der Waals surface area contributed by atoms with Crippen LogP contribution >= 0.6 is 0 Å². The summed E-state index contributed by atoms with van der Waals surface area (Å²) in [5, 5.41) is 22.6. The normalized spacial score (nSPS) is 24.4. The summed E-state index contributed by atoms with van der Waals surface area (Å²) in [5.74, 6) is -0.921. The molecule has 0 aliphatic carbocycles. The predicted molar refractivity (Wildman–Crippen MR) is 80.6 cm³/mol. The number of nitro groups is 1. The van der Waals surface area contributed by atoms with Gasteiger partial charge >= 0.3 is 18.2 Å². The van der Waals surface area contributed by atoms with Gasteiger partial charge in [0.05, 0.1) is 22.2 Å². The number of hydrogen-bond acceptors (Lipinski definition) is 8. The largest absolute Gasteiger partial charge is 0.464 e. The van der Waals surface area contributed by atoms with E-state index in [4.69, 9.17) is 9.84 Å². The summed E-state index contributed by atoms with van der Waals surface area (Å²) in [5.41, 5.74) is 0.729. The Morgan fingerprint density at radius 1 is 1.46 bits per heavy atom. The van der Waals surface area contributed by atoms with Crippen molar-refractivity contribution in [3.63, 3.8) is 0 Å². The Balaban J connectivity index is 0.000000177. The minimum Gasteiger partial charge on any atom is -0.464 e. The van der Waals surface area contributed by atoms with Crippen molar-refractivity contribution < 1.29 is 29.1 Å². The SMILES string of the molecule is CC(=O)OCC1CC(O)CN1.O=C1OC([N+](=O)[O-])c2ccc1cc2. The fourth-order valence-electron chi connectivity index (χ4n) is 2.33. The average molecular weight is 338 g/mol. The lowest BCUT2D eigenvalue weighted by molar-refractivity contribution is -0.574. The van der Waals surface area contributed by atoms with E-state index >= 15 is 0 Å². The molecule has 2 N–H and O–H groups in total. The van der Waals surface area contributed by atoms with Gasteiger partial charge in [0, 0.05) is 19.5 Å². The standard InChI is InChI=1S/C8H5NO4.C7H13NO3/c10-8-6-3-1-5(2-4-6)7(13-8)9(11)12;1-5(9)11-4-6-2-7(10)3-8-6/h1-4,7H;6-8,10H,2-4H2,1H3. The third-order valence-corrected chi connectivity index (χ3v) is 3.53. The molecule has 1 saturated heterocycles. The molecule has 1 fully saturated rings. The molecule has 3 aliphatic rings. The fraction of sp³-hybridized carbons (Fsp3) is 0.467. The topological polar surface area (TPSA) is 128 Å². The number of fused-ring (bicyclic) bond motifs is 4. The van der Waals surface area contributed by atoms with E-state index < -0.39 is 17.1 Å². The number of ether oxygens (including phenoxy) is 2. The lowest BCUT2D eigenvalue weighted by atomic mass is 10.1. The smallest absolute Gasteiger partial charge is 0.383 e. The van der Waals surface area contributed by atoms with E-state index in [0.29, 0.717) is 30.7 Å². The predicted octanol–water partition coefficient (Wildman–Crippen LogP) is 0.405. The molecule has 9 nitrogen and oxygen atoms in total. The number of carbonyl (C=O) groups is 2. The van der Waals surface area contributed by atoms with Gasteiger partial charge in [-0.05, 0) is 30.7 Å². The number of aliphatic hydroxyl groups excluding tert-OH is 1. The average Bonchev–Trinajstić information content (AvgIpc) is 2.81. The zero-order valence-corrected chi connectivity index (χ0v) is 13.0. The molecule has 3 aliphatic heterocycles. The first-order valence-electron chi connectivity index (χ1n) is 7.36. The molecule has 130 valence electrons. The number of nitrogens with zero attached hydrogens (tertiary/aromatic N) is 1. The molecule has 3 heterocycles. The van der Waals surface area contributed by atoms with Gasteiger partial charge in [0.25, 0.3) is 0 Å². The highest BCUT2D eigenvalue weighted by Crippen LogP contribution is 2.24. The van der Waals surface area contributed by atoms with Crippen LogP contribution in [0.4, 0.5) is 0 Å². The summed E-state index contributed by atoms with van der Waals surface area (Å²) < 4.78 is 9.38. The number of nitrogens with one attached hydrogen (secondary N) is 1. The van der Waals surface area contributed by atoms with E-state index in [9.17, 15) is 19.7 Å². The van der Waals surface area contributed by atoms with E-state index in [1.54, 1.807) is 0 Å². The highest BCUT2D eigenvalue weighted by atomic mass is 16.7. The second-order valence-electron chi connectivity index (χ2n) is 5.46. The molecule has 0 spiro atoms. The number of hydrogen-bond donors (Lipinski definition) is 2. The van der Waals surface area contributed by atoms with E-state index in [-0.39, 0.29) is 18.1 Å². The van der Waals surface area contributed by atoms with Crippen LogP contribution in [-0.2, 0) is 14.3 Å². The van der Waals surface area contributed by atoms with Crippen LogP contribution in [0.15, 0.2) is 24.3 Å². The summed E-state index contributed by atoms with van der Waals surface area (Å²) in [6, 6.07) is 6.21. The minimum atomic E-state index is -1.36. The molecule has 2 bridgehead atoms. The molecule has 0 aromatic heterocycles. The fourth-order valence-corrected chi connectivity index (χ4v) is 2.33. The van der Waals surface area contributed by atoms with E-state index in [1.807, 2.05) is 0 Å². The maximum atomic E-state index is 11.1. The van der Waals surface area contributed by atoms with Gasteiger partial charge in [-0.2, -0.15) is 0 Å². The van der Waals surface area contributed by atoms with Gasteiger partial charge in [0.15, 0.2) is 0 Å². The van der Waals surface area contributed by atoms with Crippen molar-refractivity contribution in [2.75, 3.05) is 13.2 Å². The molecular formula is C15H18N2O7. The summed E-state index contributed by atoms with van der Waals surface area (Å²) in [6.07, 6.45) is -0.969. The number of rotatable bonds is 3. The van der Waals surface area contributed by atoms with E-state index in [2.05, 4.69) is 10.1 Å². The van der Waals surface area contributed by atoms with Crippen LogP contribution < -0.4 is 5.32 Å². The molecule has 0 saturated carbocycles. The summed E-state index contributed by atoms with van der Waals surface area (Å²) in [6.45, 7) is 2.35. The summed E-state index contributed by atoms with van der Waals surface area (Å²) >= 11 is 0. The Kier molecular flexibility index (Phi) is 5.83. The van der Waals surface area contributed by atoms with Crippen LogP contribution in [0.2, 0.25) is 0 Å². The number of β-amino-alcohol motifs (C(OH)–C–C–N with tert-alkyl or cyclic N) is 1. The van der Waals surface area contributed by atoms with Gasteiger partial charge in [-0.1, -0.05) is 0 Å². The van der Waals surface area contributed by atoms with Crippen LogP contribution in [0.3, 0.4) is 0 Å². The van der Waals surface area contributed by atoms with Gasteiger partial charge in [0.2, 0.25) is 0 Å². The van der Waals surface area contributed by atoms with Crippen molar-refractivity contribution >= 4 is 11.9 Å². The molecule has 1 aromatic rings. The van der Waals surface area contributed by atoms with Gasteiger partial charge in [-0.25, -0.2) is 4.79 Å². The Bertz CT molecular complexity index is 617.